The first-order valence-electron chi connectivity index (χ1n) is 5.36. The molecule has 3 nitrogen and oxygen atoms in total. The molecule has 0 aromatic carbocycles. The number of ether oxygens (including phenoxy) is 1. The molecule has 0 atom stereocenters. The van der Waals surface area contributed by atoms with E-state index in [0.29, 0.717) is 5.57 Å². The van der Waals surface area contributed by atoms with Crippen molar-refractivity contribution in [3.05, 3.63) is 11.8 Å². The van der Waals surface area contributed by atoms with E-state index in [0.717, 1.165) is 12.8 Å². The predicted octanol–water partition coefficient (Wildman–Crippen LogP) is 1.46. The summed E-state index contributed by atoms with van der Waals surface area (Å²) in [4.78, 5) is 11.4. The number of esters is 1. The Morgan fingerprint density at radius 3 is 2.40 bits per heavy atom. The van der Waals surface area contributed by atoms with Crippen molar-refractivity contribution < 1.29 is 14.0 Å². The normalized spacial score (nSPS) is 12.7. The van der Waals surface area contributed by atoms with Crippen LogP contribution in [0.1, 0.15) is 12.8 Å². The van der Waals surface area contributed by atoms with E-state index in [-0.39, 0.29) is 5.97 Å². The molecule has 0 radical (unpaired) electrons. The second kappa shape index (κ2) is 6.84. The summed E-state index contributed by atoms with van der Waals surface area (Å²) in [6.45, 7) is 6.27. The first-order valence-corrected chi connectivity index (χ1v) is 10.2. The van der Waals surface area contributed by atoms with Crippen LogP contribution in [-0.4, -0.2) is 31.6 Å². The van der Waals surface area contributed by atoms with Crippen LogP contribution in [0, 0.1) is 0 Å². The van der Waals surface area contributed by atoms with Crippen molar-refractivity contribution in [1.82, 2.24) is 0 Å². The van der Waals surface area contributed by atoms with Crippen LogP contribution in [0.4, 0.5) is 0 Å². The quantitative estimate of drug-likeness (QED) is 0.308. The molecule has 0 aliphatic carbocycles. The Balaban J connectivity index is 4.41. The maximum absolute atomic E-state index is 11.4. The van der Waals surface area contributed by atoms with Crippen LogP contribution in [0.5, 0.6) is 0 Å². The van der Waals surface area contributed by atoms with Crippen LogP contribution < -0.4 is 0 Å². The summed E-state index contributed by atoms with van der Waals surface area (Å²) in [7, 11) is 0.990. The van der Waals surface area contributed by atoms with Gasteiger partial charge < -0.3 is 9.16 Å². The molecular formula is C10H22O3Si2. The third-order valence-corrected chi connectivity index (χ3v) is 3.33. The highest BCUT2D eigenvalue weighted by Gasteiger charge is 2.16. The van der Waals surface area contributed by atoms with Crippen LogP contribution in [0.15, 0.2) is 11.8 Å². The Hall–Kier alpha value is -0.556. The molecule has 88 valence electrons. The van der Waals surface area contributed by atoms with Crippen LogP contribution in [0.2, 0.25) is 25.7 Å². The monoisotopic (exact) mass is 246 g/mol. The van der Waals surface area contributed by atoms with Crippen LogP contribution >= 0.6 is 0 Å². The predicted molar refractivity (Wildman–Crippen MR) is 68.5 cm³/mol. The highest BCUT2D eigenvalue weighted by molar-refractivity contribution is 6.69. The fraction of sp³-hybridized carbons (Fsp3) is 0.700. The lowest BCUT2D eigenvalue weighted by Crippen LogP contribution is -2.23. The maximum Gasteiger partial charge on any atom is 0.336 e. The molecule has 0 spiro atoms. The highest BCUT2D eigenvalue weighted by atomic mass is 28.4. The van der Waals surface area contributed by atoms with Gasteiger partial charge in [-0.25, -0.2) is 4.79 Å². The topological polar surface area (TPSA) is 35.5 Å². The zero-order chi connectivity index (χ0) is 11.9. The van der Waals surface area contributed by atoms with E-state index in [2.05, 4.69) is 19.6 Å². The number of carbonyl (C=O) groups excluding carboxylic acids is 1. The van der Waals surface area contributed by atoms with Gasteiger partial charge in [-0.15, -0.1) is 0 Å². The first kappa shape index (κ1) is 14.4. The molecule has 0 bridgehead atoms. The van der Waals surface area contributed by atoms with Gasteiger partial charge in [0.05, 0.1) is 18.9 Å². The SMILES string of the molecule is COC(=O)C(=CO[Si](C)(C)C)CCC[SiH3]. The average Bonchev–Trinajstić information content (AvgIpc) is 2.15. The van der Waals surface area contributed by atoms with Gasteiger partial charge in [0, 0.05) is 10.2 Å². The second-order valence-corrected chi connectivity index (χ2v) is 9.93. The summed E-state index contributed by atoms with van der Waals surface area (Å²) < 4.78 is 10.3. The number of hydrogen-bond donors (Lipinski definition) is 0. The van der Waals surface area contributed by atoms with Crippen molar-refractivity contribution in [2.75, 3.05) is 7.11 Å². The molecule has 5 heteroatoms. The Morgan fingerprint density at radius 1 is 1.40 bits per heavy atom. The van der Waals surface area contributed by atoms with Crippen molar-refractivity contribution in [2.45, 2.75) is 38.5 Å². The lowest BCUT2D eigenvalue weighted by atomic mass is 10.2. The molecule has 15 heavy (non-hydrogen) atoms. The molecule has 0 fully saturated rings. The van der Waals surface area contributed by atoms with Crippen LogP contribution in [-0.2, 0) is 14.0 Å². The van der Waals surface area contributed by atoms with E-state index in [1.54, 1.807) is 6.26 Å². The van der Waals surface area contributed by atoms with Gasteiger partial charge in [-0.2, -0.15) is 0 Å². The second-order valence-electron chi connectivity index (χ2n) is 4.47. The number of rotatable bonds is 6. The maximum atomic E-state index is 11.4. The van der Waals surface area contributed by atoms with Crippen molar-refractivity contribution >= 4 is 24.5 Å². The molecular weight excluding hydrogens is 224 g/mol. The van der Waals surface area contributed by atoms with Crippen LogP contribution in [0.25, 0.3) is 0 Å². The van der Waals surface area contributed by atoms with E-state index in [1.807, 2.05) is 0 Å². The number of methoxy groups -OCH3 is 1. The highest BCUT2D eigenvalue weighted by Crippen LogP contribution is 2.12. The summed E-state index contributed by atoms with van der Waals surface area (Å²) in [5.41, 5.74) is 0.663. The van der Waals surface area contributed by atoms with E-state index in [9.17, 15) is 4.79 Å². The minimum absolute atomic E-state index is 0.261. The molecule has 0 heterocycles. The third kappa shape index (κ3) is 7.38. The van der Waals surface area contributed by atoms with E-state index in [1.165, 1.54) is 23.4 Å². The zero-order valence-corrected chi connectivity index (χ0v) is 13.4. The summed E-state index contributed by atoms with van der Waals surface area (Å²) in [6.07, 6.45) is 3.41. The Morgan fingerprint density at radius 2 is 2.00 bits per heavy atom. The Bertz CT molecular complexity index is 231. The Kier molecular flexibility index (Phi) is 6.59. The Labute approximate surface area is 96.4 Å². The van der Waals surface area contributed by atoms with Gasteiger partial charge in [0.15, 0.2) is 0 Å². The summed E-state index contributed by atoms with van der Waals surface area (Å²) in [6, 6.07) is 1.20. The summed E-state index contributed by atoms with van der Waals surface area (Å²) >= 11 is 0. The lowest BCUT2D eigenvalue weighted by molar-refractivity contribution is -0.136. The van der Waals surface area contributed by atoms with Crippen molar-refractivity contribution in [3.8, 4) is 0 Å². The molecule has 0 aliphatic rings. The molecule has 0 aromatic heterocycles. The van der Waals surface area contributed by atoms with Gasteiger partial charge in [-0.1, -0.05) is 12.5 Å². The molecule has 0 unspecified atom stereocenters. The van der Waals surface area contributed by atoms with E-state index >= 15 is 0 Å². The van der Waals surface area contributed by atoms with Crippen molar-refractivity contribution in [2.24, 2.45) is 0 Å². The zero-order valence-electron chi connectivity index (χ0n) is 10.4. The smallest absolute Gasteiger partial charge is 0.336 e. The van der Waals surface area contributed by atoms with E-state index in [4.69, 9.17) is 9.16 Å². The fourth-order valence-corrected chi connectivity index (χ4v) is 1.80. The van der Waals surface area contributed by atoms with Gasteiger partial charge in [0.1, 0.15) is 0 Å². The summed E-state index contributed by atoms with van der Waals surface area (Å²) in [5, 5.41) is 0. The van der Waals surface area contributed by atoms with Crippen molar-refractivity contribution in [3.63, 3.8) is 0 Å². The molecule has 0 rings (SSSR count). The van der Waals surface area contributed by atoms with Gasteiger partial charge in [0.2, 0.25) is 8.32 Å². The number of hydrogen-bond acceptors (Lipinski definition) is 3. The molecule has 0 N–H and O–H groups in total. The number of carbonyl (C=O) groups is 1. The van der Waals surface area contributed by atoms with Gasteiger partial charge in [-0.3, -0.25) is 0 Å². The molecule has 0 saturated heterocycles. The molecule has 0 saturated carbocycles. The lowest BCUT2D eigenvalue weighted by Gasteiger charge is -2.16. The van der Waals surface area contributed by atoms with Gasteiger partial charge >= 0.3 is 5.97 Å². The van der Waals surface area contributed by atoms with Gasteiger partial charge in [0.25, 0.3) is 0 Å². The van der Waals surface area contributed by atoms with Crippen LogP contribution in [0.3, 0.4) is 0 Å². The first-order chi connectivity index (χ1) is 6.90. The fourth-order valence-electron chi connectivity index (χ4n) is 0.955. The molecule has 0 aliphatic heterocycles. The summed E-state index contributed by atoms with van der Waals surface area (Å²) in [5.74, 6) is -0.261. The van der Waals surface area contributed by atoms with Crippen molar-refractivity contribution in [1.29, 1.82) is 0 Å². The largest absolute Gasteiger partial charge is 0.549 e. The molecule has 0 aromatic rings. The minimum Gasteiger partial charge on any atom is -0.549 e. The minimum atomic E-state index is -1.59. The average molecular weight is 246 g/mol. The third-order valence-electron chi connectivity index (χ3n) is 1.80. The standard InChI is InChI=1S/C10H22O3Si2/c1-12-10(11)9(6-5-7-14)8-13-15(2,3)4/h8H,5-7H2,1-4,14H3. The van der Waals surface area contributed by atoms with Gasteiger partial charge in [-0.05, 0) is 26.1 Å². The van der Waals surface area contributed by atoms with E-state index < -0.39 is 8.32 Å². The molecule has 0 amide bonds.